The third-order valence-electron chi connectivity index (χ3n) is 2.04. The van der Waals surface area contributed by atoms with Gasteiger partial charge in [0, 0.05) is 10.7 Å². The van der Waals surface area contributed by atoms with Gasteiger partial charge in [-0.1, -0.05) is 22.9 Å². The zero-order valence-electron chi connectivity index (χ0n) is 9.18. The summed E-state index contributed by atoms with van der Waals surface area (Å²) in [5.74, 6) is 4.69. The second-order valence-corrected chi connectivity index (χ2v) is 4.88. The number of nitrogens with two attached hydrogens (primary N) is 1. The molecule has 0 bridgehead atoms. The zero-order valence-corrected chi connectivity index (χ0v) is 10.8. The van der Waals surface area contributed by atoms with Gasteiger partial charge in [0.05, 0.1) is 6.42 Å². The lowest BCUT2D eigenvalue weighted by atomic mass is 10.3. The van der Waals surface area contributed by atoms with Crippen molar-refractivity contribution in [2.24, 2.45) is 5.84 Å². The molecule has 0 saturated heterocycles. The van der Waals surface area contributed by atoms with Crippen LogP contribution in [-0.2, 0) is 11.2 Å². The van der Waals surface area contributed by atoms with E-state index in [0.717, 1.165) is 5.69 Å². The van der Waals surface area contributed by atoms with Crippen molar-refractivity contribution in [1.29, 1.82) is 0 Å². The summed E-state index contributed by atoms with van der Waals surface area (Å²) >= 11 is 7.08. The summed E-state index contributed by atoms with van der Waals surface area (Å²) in [6.07, 6.45) is 0.121. The highest BCUT2D eigenvalue weighted by Crippen LogP contribution is 2.22. The SMILES string of the molecule is NNC(=O)Cc1nnc(Nc2ccc(Cl)cc2)s1. The molecule has 94 valence electrons. The molecule has 0 aliphatic carbocycles. The van der Waals surface area contributed by atoms with Crippen LogP contribution in [-0.4, -0.2) is 16.1 Å². The van der Waals surface area contributed by atoms with E-state index in [-0.39, 0.29) is 12.3 Å². The molecule has 0 fully saturated rings. The molecule has 2 aromatic rings. The molecule has 6 nitrogen and oxygen atoms in total. The van der Waals surface area contributed by atoms with E-state index in [2.05, 4.69) is 15.5 Å². The average molecular weight is 284 g/mol. The van der Waals surface area contributed by atoms with E-state index in [9.17, 15) is 4.79 Å². The monoisotopic (exact) mass is 283 g/mol. The third kappa shape index (κ3) is 3.39. The lowest BCUT2D eigenvalue weighted by Crippen LogP contribution is -2.31. The third-order valence-corrected chi connectivity index (χ3v) is 3.13. The topological polar surface area (TPSA) is 92.9 Å². The number of benzene rings is 1. The van der Waals surface area contributed by atoms with E-state index in [1.54, 1.807) is 12.1 Å². The van der Waals surface area contributed by atoms with Gasteiger partial charge in [-0.15, -0.1) is 10.2 Å². The number of hydrogen-bond acceptors (Lipinski definition) is 6. The quantitative estimate of drug-likeness (QED) is 0.449. The van der Waals surface area contributed by atoms with Crippen LogP contribution < -0.4 is 16.6 Å². The lowest BCUT2D eigenvalue weighted by Gasteiger charge is -2.00. The second-order valence-electron chi connectivity index (χ2n) is 3.38. The van der Waals surface area contributed by atoms with E-state index >= 15 is 0 Å². The molecule has 4 N–H and O–H groups in total. The molecule has 1 aromatic carbocycles. The van der Waals surface area contributed by atoms with Crippen LogP contribution in [0.15, 0.2) is 24.3 Å². The molecule has 18 heavy (non-hydrogen) atoms. The first-order valence-corrected chi connectivity index (χ1v) is 6.21. The Balaban J connectivity index is 2.02. The molecule has 1 heterocycles. The predicted octanol–water partition coefficient (Wildman–Crippen LogP) is 1.47. The normalized spacial score (nSPS) is 10.1. The summed E-state index contributed by atoms with van der Waals surface area (Å²) in [7, 11) is 0. The summed E-state index contributed by atoms with van der Waals surface area (Å²) in [6.45, 7) is 0. The van der Waals surface area contributed by atoms with Crippen molar-refractivity contribution in [2.75, 3.05) is 5.32 Å². The van der Waals surface area contributed by atoms with Crippen molar-refractivity contribution in [3.8, 4) is 0 Å². The van der Waals surface area contributed by atoms with Gasteiger partial charge in [-0.2, -0.15) is 0 Å². The number of hydrazine groups is 1. The second kappa shape index (κ2) is 5.76. The predicted molar refractivity (Wildman–Crippen MR) is 70.7 cm³/mol. The number of anilines is 2. The van der Waals surface area contributed by atoms with Crippen molar-refractivity contribution in [3.63, 3.8) is 0 Å². The van der Waals surface area contributed by atoms with Gasteiger partial charge in [0.2, 0.25) is 11.0 Å². The number of hydrogen-bond donors (Lipinski definition) is 3. The summed E-state index contributed by atoms with van der Waals surface area (Å²) < 4.78 is 0. The number of carbonyl (C=O) groups excluding carboxylic acids is 1. The summed E-state index contributed by atoms with van der Waals surface area (Å²) in [6, 6.07) is 7.20. The fourth-order valence-electron chi connectivity index (χ4n) is 1.22. The summed E-state index contributed by atoms with van der Waals surface area (Å²) in [4.78, 5) is 11.1. The summed E-state index contributed by atoms with van der Waals surface area (Å²) in [5, 5.41) is 12.7. The maximum Gasteiger partial charge on any atom is 0.240 e. The lowest BCUT2D eigenvalue weighted by molar-refractivity contribution is -0.120. The van der Waals surface area contributed by atoms with E-state index in [0.29, 0.717) is 15.2 Å². The number of halogens is 1. The van der Waals surface area contributed by atoms with Gasteiger partial charge in [-0.3, -0.25) is 10.2 Å². The molecular weight excluding hydrogens is 274 g/mol. The van der Waals surface area contributed by atoms with E-state index in [1.165, 1.54) is 11.3 Å². The van der Waals surface area contributed by atoms with Crippen LogP contribution in [0.3, 0.4) is 0 Å². The highest BCUT2D eigenvalue weighted by atomic mass is 35.5. The zero-order chi connectivity index (χ0) is 13.0. The van der Waals surface area contributed by atoms with Gasteiger partial charge >= 0.3 is 0 Å². The van der Waals surface area contributed by atoms with Gasteiger partial charge in [0.25, 0.3) is 0 Å². The Kier molecular flexibility index (Phi) is 4.08. The number of nitrogens with one attached hydrogen (secondary N) is 2. The first-order valence-electron chi connectivity index (χ1n) is 5.02. The Labute approximate surface area is 112 Å². The molecular formula is C10H10ClN5OS. The Hall–Kier alpha value is -1.70. The van der Waals surface area contributed by atoms with Gasteiger partial charge in [0.15, 0.2) is 0 Å². The van der Waals surface area contributed by atoms with Crippen LogP contribution in [0.2, 0.25) is 5.02 Å². The van der Waals surface area contributed by atoms with Crippen molar-refractivity contribution in [2.45, 2.75) is 6.42 Å². The van der Waals surface area contributed by atoms with Gasteiger partial charge in [-0.05, 0) is 24.3 Å². The van der Waals surface area contributed by atoms with Crippen LogP contribution >= 0.6 is 22.9 Å². The molecule has 0 atom stereocenters. The molecule has 8 heteroatoms. The maximum atomic E-state index is 11.1. The molecule has 0 saturated carbocycles. The van der Waals surface area contributed by atoms with Crippen LogP contribution in [0.25, 0.3) is 0 Å². The minimum absolute atomic E-state index is 0.121. The van der Waals surface area contributed by atoms with Crippen LogP contribution in [0.1, 0.15) is 5.01 Å². The minimum atomic E-state index is -0.302. The Morgan fingerprint density at radius 1 is 1.33 bits per heavy atom. The first-order chi connectivity index (χ1) is 8.67. The first kappa shape index (κ1) is 12.7. The molecule has 1 amide bonds. The van der Waals surface area contributed by atoms with Crippen molar-refractivity contribution >= 4 is 39.7 Å². The molecule has 0 unspecified atom stereocenters. The van der Waals surface area contributed by atoms with E-state index < -0.39 is 0 Å². The molecule has 0 aliphatic heterocycles. The van der Waals surface area contributed by atoms with Crippen LogP contribution in [0, 0.1) is 0 Å². The highest BCUT2D eigenvalue weighted by molar-refractivity contribution is 7.15. The Morgan fingerprint density at radius 2 is 2.06 bits per heavy atom. The standard InChI is InChI=1S/C10H10ClN5OS/c11-6-1-3-7(4-2-6)13-10-16-15-9(18-10)5-8(17)14-12/h1-4H,5,12H2,(H,13,16)(H,14,17). The highest BCUT2D eigenvalue weighted by Gasteiger charge is 2.08. The fraction of sp³-hybridized carbons (Fsp3) is 0.100. The molecule has 2 rings (SSSR count). The van der Waals surface area contributed by atoms with Crippen LogP contribution in [0.5, 0.6) is 0 Å². The van der Waals surface area contributed by atoms with Gasteiger partial charge < -0.3 is 5.32 Å². The molecule has 0 spiro atoms. The number of rotatable bonds is 4. The molecule has 0 aliphatic rings. The van der Waals surface area contributed by atoms with E-state index in [1.807, 2.05) is 17.6 Å². The Bertz CT molecular complexity index is 541. The fourth-order valence-corrected chi connectivity index (χ4v) is 2.11. The van der Waals surface area contributed by atoms with Gasteiger partial charge in [0.1, 0.15) is 5.01 Å². The molecule has 0 radical (unpaired) electrons. The van der Waals surface area contributed by atoms with Crippen LogP contribution in [0.4, 0.5) is 10.8 Å². The minimum Gasteiger partial charge on any atom is -0.330 e. The van der Waals surface area contributed by atoms with Crippen molar-refractivity contribution in [3.05, 3.63) is 34.3 Å². The number of amides is 1. The molecule has 1 aromatic heterocycles. The largest absolute Gasteiger partial charge is 0.330 e. The van der Waals surface area contributed by atoms with Gasteiger partial charge in [-0.25, -0.2) is 5.84 Å². The van der Waals surface area contributed by atoms with Crippen molar-refractivity contribution in [1.82, 2.24) is 15.6 Å². The van der Waals surface area contributed by atoms with Crippen molar-refractivity contribution < 1.29 is 4.79 Å². The number of nitrogens with zero attached hydrogens (tertiary/aromatic N) is 2. The Morgan fingerprint density at radius 3 is 2.72 bits per heavy atom. The summed E-state index contributed by atoms with van der Waals surface area (Å²) in [5.41, 5.74) is 2.90. The number of aromatic nitrogens is 2. The maximum absolute atomic E-state index is 11.1. The average Bonchev–Trinajstić information content (AvgIpc) is 2.79. The number of carbonyl (C=O) groups is 1. The smallest absolute Gasteiger partial charge is 0.240 e. The van der Waals surface area contributed by atoms with E-state index in [4.69, 9.17) is 17.4 Å².